The first-order valence-corrected chi connectivity index (χ1v) is 9.69. The quantitative estimate of drug-likeness (QED) is 0.348. The number of rotatable bonds is 6. The molecule has 0 radical (unpaired) electrons. The molecular formula is C23H19F6N3O. The Morgan fingerprint density at radius 3 is 1.91 bits per heavy atom. The third-order valence-corrected chi connectivity index (χ3v) is 4.73. The lowest BCUT2D eigenvalue weighted by molar-refractivity contribution is -0.143. The molecule has 0 aromatic heterocycles. The Labute approximate surface area is 185 Å². The van der Waals surface area contributed by atoms with Gasteiger partial charge in [-0.25, -0.2) is 0 Å². The minimum atomic E-state index is -4.99. The predicted octanol–water partition coefficient (Wildman–Crippen LogP) is 5.96. The molecule has 3 N–H and O–H groups in total. The average Bonchev–Trinajstić information content (AvgIpc) is 2.75. The van der Waals surface area contributed by atoms with Crippen LogP contribution in [0.2, 0.25) is 0 Å². The molecule has 0 heterocycles. The van der Waals surface area contributed by atoms with Crippen LogP contribution in [0.4, 0.5) is 43.4 Å². The first-order valence-electron chi connectivity index (χ1n) is 9.69. The van der Waals surface area contributed by atoms with Crippen molar-refractivity contribution in [2.45, 2.75) is 18.8 Å². The minimum absolute atomic E-state index is 0.0235. The molecule has 0 saturated carbocycles. The number of alkyl halides is 6. The molecule has 0 atom stereocenters. The monoisotopic (exact) mass is 467 g/mol. The fourth-order valence-corrected chi connectivity index (χ4v) is 3.27. The van der Waals surface area contributed by atoms with Gasteiger partial charge in [0.25, 0.3) is 0 Å². The van der Waals surface area contributed by atoms with E-state index in [9.17, 15) is 31.1 Å². The van der Waals surface area contributed by atoms with Crippen molar-refractivity contribution >= 4 is 23.0 Å². The molecule has 3 aromatic rings. The highest BCUT2D eigenvalue weighted by molar-refractivity contribution is 5.96. The number of para-hydroxylation sites is 3. The van der Waals surface area contributed by atoms with Crippen LogP contribution in [0.25, 0.3) is 0 Å². The van der Waals surface area contributed by atoms with Crippen molar-refractivity contribution in [1.29, 1.82) is 0 Å². The zero-order chi connectivity index (χ0) is 24.2. The van der Waals surface area contributed by atoms with E-state index in [0.29, 0.717) is 23.5 Å². The van der Waals surface area contributed by atoms with Crippen LogP contribution >= 0.6 is 0 Å². The Bertz CT molecular complexity index is 1080. The third kappa shape index (κ3) is 6.04. The molecule has 0 aliphatic carbocycles. The normalized spacial score (nSPS) is 11.8. The van der Waals surface area contributed by atoms with E-state index in [2.05, 4.69) is 5.32 Å². The number of nitrogens with two attached hydrogens (primary N) is 1. The molecule has 0 saturated heterocycles. The Balaban J connectivity index is 1.88. The molecule has 3 rings (SSSR count). The topological polar surface area (TPSA) is 58.4 Å². The molecule has 0 aliphatic heterocycles. The summed E-state index contributed by atoms with van der Waals surface area (Å²) in [7, 11) is 0. The second-order valence-electron chi connectivity index (χ2n) is 7.10. The average molecular weight is 467 g/mol. The molecule has 0 aliphatic rings. The number of carbonyl (C=O) groups excluding carboxylic acids is 1. The summed E-state index contributed by atoms with van der Waals surface area (Å²) >= 11 is 0. The van der Waals surface area contributed by atoms with E-state index in [1.807, 2.05) is 6.07 Å². The van der Waals surface area contributed by atoms with Crippen molar-refractivity contribution in [3.8, 4) is 0 Å². The number of anilines is 3. The van der Waals surface area contributed by atoms with Crippen LogP contribution in [0.5, 0.6) is 0 Å². The van der Waals surface area contributed by atoms with Gasteiger partial charge < -0.3 is 16.0 Å². The number of hydrogen-bond donors (Lipinski definition) is 2. The highest BCUT2D eigenvalue weighted by Crippen LogP contribution is 2.37. The van der Waals surface area contributed by atoms with Gasteiger partial charge in [0.05, 0.1) is 35.6 Å². The lowest BCUT2D eigenvalue weighted by atomic mass is 10.0. The van der Waals surface area contributed by atoms with Gasteiger partial charge in [0, 0.05) is 5.69 Å². The number of hydrogen-bond acceptors (Lipinski definition) is 3. The predicted molar refractivity (Wildman–Crippen MR) is 113 cm³/mol. The number of amides is 1. The van der Waals surface area contributed by atoms with Gasteiger partial charge in [-0.3, -0.25) is 4.79 Å². The van der Waals surface area contributed by atoms with E-state index in [0.717, 1.165) is 5.69 Å². The lowest BCUT2D eigenvalue weighted by Gasteiger charge is -2.25. The van der Waals surface area contributed by atoms with E-state index in [-0.39, 0.29) is 12.7 Å². The Morgan fingerprint density at radius 2 is 1.36 bits per heavy atom. The molecule has 174 valence electrons. The molecule has 1 amide bonds. The number of carbonyl (C=O) groups is 1. The highest BCUT2D eigenvalue weighted by atomic mass is 19.4. The van der Waals surface area contributed by atoms with E-state index in [4.69, 9.17) is 5.73 Å². The smallest absolute Gasteiger partial charge is 0.327 e. The first-order chi connectivity index (χ1) is 15.5. The minimum Gasteiger partial charge on any atom is -0.327 e. The van der Waals surface area contributed by atoms with Crippen LogP contribution in [0, 0.1) is 0 Å². The summed E-state index contributed by atoms with van der Waals surface area (Å²) in [5.74, 6) is -0.778. The second-order valence-corrected chi connectivity index (χ2v) is 7.10. The van der Waals surface area contributed by atoms with E-state index >= 15 is 0 Å². The maximum Gasteiger partial charge on any atom is 0.416 e. The molecule has 33 heavy (non-hydrogen) atoms. The number of nitrogens with zero attached hydrogens (tertiary/aromatic N) is 1. The summed E-state index contributed by atoms with van der Waals surface area (Å²) in [5.41, 5.74) is 4.07. The van der Waals surface area contributed by atoms with E-state index < -0.39 is 41.4 Å². The fourth-order valence-electron chi connectivity index (χ4n) is 3.27. The zero-order valence-corrected chi connectivity index (χ0v) is 17.0. The lowest BCUT2D eigenvalue weighted by Crippen LogP contribution is -2.26. The zero-order valence-electron chi connectivity index (χ0n) is 17.0. The second kappa shape index (κ2) is 9.53. The SMILES string of the molecule is NCN(c1ccccc1)c1ccccc1NC(=O)Cc1cc(C(F)(F)F)cc(C(F)(F)F)c1. The molecule has 0 bridgehead atoms. The third-order valence-electron chi connectivity index (χ3n) is 4.73. The van der Waals surface area contributed by atoms with Crippen LogP contribution in [0.3, 0.4) is 0 Å². The maximum absolute atomic E-state index is 13.1. The summed E-state index contributed by atoms with van der Waals surface area (Å²) in [6.07, 6.45) is -10.7. The van der Waals surface area contributed by atoms with Crippen LogP contribution < -0.4 is 16.0 Å². The molecule has 0 spiro atoms. The highest BCUT2D eigenvalue weighted by Gasteiger charge is 2.37. The van der Waals surface area contributed by atoms with Gasteiger partial charge in [-0.1, -0.05) is 30.3 Å². The van der Waals surface area contributed by atoms with Crippen LogP contribution in [0.1, 0.15) is 16.7 Å². The number of benzene rings is 3. The van der Waals surface area contributed by atoms with Crippen LogP contribution in [-0.2, 0) is 23.6 Å². The molecule has 0 unspecified atom stereocenters. The molecule has 0 fully saturated rings. The van der Waals surface area contributed by atoms with Gasteiger partial charge in [-0.2, -0.15) is 26.3 Å². The largest absolute Gasteiger partial charge is 0.416 e. The van der Waals surface area contributed by atoms with Crippen molar-refractivity contribution in [3.63, 3.8) is 0 Å². The summed E-state index contributed by atoms with van der Waals surface area (Å²) in [6, 6.07) is 16.7. The maximum atomic E-state index is 13.1. The van der Waals surface area contributed by atoms with Gasteiger partial charge in [0.15, 0.2) is 0 Å². The van der Waals surface area contributed by atoms with Crippen LogP contribution in [-0.4, -0.2) is 12.6 Å². The van der Waals surface area contributed by atoms with E-state index in [1.165, 1.54) is 0 Å². The van der Waals surface area contributed by atoms with Crippen molar-refractivity contribution in [3.05, 3.63) is 89.5 Å². The summed E-state index contributed by atoms with van der Waals surface area (Å²) < 4.78 is 78.5. The van der Waals surface area contributed by atoms with Gasteiger partial charge in [-0.15, -0.1) is 0 Å². The Kier molecular flexibility index (Phi) is 6.97. The summed E-state index contributed by atoms with van der Waals surface area (Å²) in [5, 5.41) is 2.56. The summed E-state index contributed by atoms with van der Waals surface area (Å²) in [6.45, 7) is 0.0550. The fraction of sp³-hybridized carbons (Fsp3) is 0.174. The molecule has 3 aromatic carbocycles. The van der Waals surface area contributed by atoms with Crippen molar-refractivity contribution < 1.29 is 31.1 Å². The van der Waals surface area contributed by atoms with Gasteiger partial charge >= 0.3 is 12.4 Å². The van der Waals surface area contributed by atoms with Gasteiger partial charge in [0.1, 0.15) is 0 Å². The van der Waals surface area contributed by atoms with Gasteiger partial charge in [-0.05, 0) is 48.0 Å². The first kappa shape index (κ1) is 24.1. The van der Waals surface area contributed by atoms with Crippen molar-refractivity contribution in [1.82, 2.24) is 0 Å². The standard InChI is InChI=1S/C23H19F6N3O/c24-22(25,26)16-10-15(11-17(13-16)23(27,28)29)12-21(33)31-19-8-4-5-9-20(19)32(14-30)18-6-2-1-3-7-18/h1-11,13H,12,14,30H2,(H,31,33). The van der Waals surface area contributed by atoms with Crippen molar-refractivity contribution in [2.75, 3.05) is 16.9 Å². The Morgan fingerprint density at radius 1 is 0.818 bits per heavy atom. The summed E-state index contributed by atoms with van der Waals surface area (Å²) in [4.78, 5) is 14.3. The van der Waals surface area contributed by atoms with Crippen LogP contribution in [0.15, 0.2) is 72.8 Å². The van der Waals surface area contributed by atoms with E-state index in [1.54, 1.807) is 53.4 Å². The Hall–Kier alpha value is -3.53. The molecule has 10 heteroatoms. The molecular weight excluding hydrogens is 448 g/mol. The number of nitrogens with one attached hydrogen (secondary N) is 1. The van der Waals surface area contributed by atoms with Gasteiger partial charge in [0.2, 0.25) is 5.91 Å². The van der Waals surface area contributed by atoms with Crippen molar-refractivity contribution in [2.24, 2.45) is 5.73 Å². The number of halogens is 6. The molecule has 4 nitrogen and oxygen atoms in total.